The van der Waals surface area contributed by atoms with E-state index in [0.29, 0.717) is 22.6 Å². The first-order chi connectivity index (χ1) is 8.72. The summed E-state index contributed by atoms with van der Waals surface area (Å²) in [5, 5.41) is 3.03. The van der Waals surface area contributed by atoms with E-state index >= 15 is 0 Å². The fraction of sp³-hybridized carbons (Fsp3) is 0.0833. The van der Waals surface area contributed by atoms with Crippen LogP contribution in [0.4, 0.5) is 17.1 Å². The zero-order chi connectivity index (χ0) is 13.0. The molecule has 0 spiro atoms. The number of ether oxygens (including phenoxy) is 1. The number of benzene rings is 1. The second-order valence-electron chi connectivity index (χ2n) is 3.51. The topological polar surface area (TPSA) is 90.1 Å². The lowest BCUT2D eigenvalue weighted by molar-refractivity contribution is 0.0602. The maximum Gasteiger partial charge on any atom is 0.340 e. The summed E-state index contributed by atoms with van der Waals surface area (Å²) in [5.41, 5.74) is 7.84. The summed E-state index contributed by atoms with van der Waals surface area (Å²) in [6.45, 7) is 0. The first kappa shape index (κ1) is 11.8. The van der Waals surface area contributed by atoms with Crippen LogP contribution in [0.5, 0.6) is 0 Å². The first-order valence-electron chi connectivity index (χ1n) is 5.21. The maximum absolute atomic E-state index is 11.5. The average molecular weight is 244 g/mol. The minimum absolute atomic E-state index is 0.319. The molecule has 0 fully saturated rings. The van der Waals surface area contributed by atoms with Gasteiger partial charge in [-0.1, -0.05) is 6.07 Å². The Bertz CT molecular complexity index is 557. The molecule has 0 radical (unpaired) electrons. The summed E-state index contributed by atoms with van der Waals surface area (Å²) in [7, 11) is 1.31. The molecule has 92 valence electrons. The van der Waals surface area contributed by atoms with E-state index < -0.39 is 5.97 Å². The van der Waals surface area contributed by atoms with Crippen LogP contribution in [0.25, 0.3) is 0 Å². The highest BCUT2D eigenvalue weighted by molar-refractivity contribution is 5.98. The van der Waals surface area contributed by atoms with E-state index in [0.717, 1.165) is 0 Å². The van der Waals surface area contributed by atoms with Crippen LogP contribution in [0.1, 0.15) is 10.4 Å². The van der Waals surface area contributed by atoms with Crippen molar-refractivity contribution in [3.05, 3.63) is 42.5 Å². The lowest BCUT2D eigenvalue weighted by Gasteiger charge is -2.11. The molecule has 0 atom stereocenters. The third-order valence-electron chi connectivity index (χ3n) is 2.35. The molecule has 3 N–H and O–H groups in total. The van der Waals surface area contributed by atoms with E-state index in [2.05, 4.69) is 20.0 Å². The van der Waals surface area contributed by atoms with Crippen molar-refractivity contribution in [1.29, 1.82) is 0 Å². The van der Waals surface area contributed by atoms with Crippen molar-refractivity contribution >= 4 is 23.0 Å². The summed E-state index contributed by atoms with van der Waals surface area (Å²) >= 11 is 0. The van der Waals surface area contributed by atoms with Crippen LogP contribution in [0.15, 0.2) is 36.9 Å². The van der Waals surface area contributed by atoms with Crippen LogP contribution >= 0.6 is 0 Å². The van der Waals surface area contributed by atoms with Gasteiger partial charge >= 0.3 is 5.97 Å². The summed E-state index contributed by atoms with van der Waals surface area (Å²) in [4.78, 5) is 19.2. The molecule has 18 heavy (non-hydrogen) atoms. The Morgan fingerprint density at radius 3 is 2.72 bits per heavy atom. The number of para-hydroxylation sites is 1. The van der Waals surface area contributed by atoms with Gasteiger partial charge in [-0.05, 0) is 12.1 Å². The van der Waals surface area contributed by atoms with Gasteiger partial charge in [0.1, 0.15) is 6.33 Å². The lowest BCUT2D eigenvalue weighted by atomic mass is 10.1. The number of methoxy groups -OCH3 is 1. The monoisotopic (exact) mass is 244 g/mol. The Balaban J connectivity index is 2.32. The van der Waals surface area contributed by atoms with Crippen LogP contribution in [-0.2, 0) is 4.74 Å². The van der Waals surface area contributed by atoms with Gasteiger partial charge < -0.3 is 15.8 Å². The number of anilines is 3. The van der Waals surface area contributed by atoms with E-state index in [-0.39, 0.29) is 0 Å². The number of nitrogens with zero attached hydrogens (tertiary/aromatic N) is 2. The number of nitrogen functional groups attached to an aromatic ring is 1. The van der Waals surface area contributed by atoms with Crippen molar-refractivity contribution in [3.63, 3.8) is 0 Å². The first-order valence-corrected chi connectivity index (χ1v) is 5.21. The van der Waals surface area contributed by atoms with Crippen LogP contribution in [0, 0.1) is 0 Å². The maximum atomic E-state index is 11.5. The number of nitrogens with two attached hydrogens (primary N) is 1. The van der Waals surface area contributed by atoms with Crippen molar-refractivity contribution in [2.24, 2.45) is 0 Å². The molecule has 0 bridgehead atoms. The highest BCUT2D eigenvalue weighted by Crippen LogP contribution is 2.26. The molecular formula is C12H12N4O2. The van der Waals surface area contributed by atoms with Gasteiger partial charge in [0.05, 0.1) is 42.1 Å². The van der Waals surface area contributed by atoms with Crippen LogP contribution in [0.3, 0.4) is 0 Å². The molecule has 2 aromatic rings. The van der Waals surface area contributed by atoms with Crippen LogP contribution < -0.4 is 11.1 Å². The molecule has 6 heteroatoms. The number of esters is 1. The van der Waals surface area contributed by atoms with Crippen LogP contribution in [0.2, 0.25) is 0 Å². The standard InChI is InChI=1S/C12H12N4O2/c1-18-12(17)9-3-2-4-10(11(9)13)16-8-5-14-7-15-6-8/h2-7,16H,13H2,1H3. The highest BCUT2D eigenvalue weighted by Gasteiger charge is 2.12. The largest absolute Gasteiger partial charge is 0.465 e. The Kier molecular flexibility index (Phi) is 3.38. The Morgan fingerprint density at radius 1 is 1.33 bits per heavy atom. The number of aromatic nitrogens is 2. The lowest BCUT2D eigenvalue weighted by Crippen LogP contribution is -2.07. The third kappa shape index (κ3) is 2.37. The molecule has 2 rings (SSSR count). The average Bonchev–Trinajstić information content (AvgIpc) is 2.41. The Morgan fingerprint density at radius 2 is 2.06 bits per heavy atom. The molecule has 1 heterocycles. The Labute approximate surface area is 104 Å². The van der Waals surface area contributed by atoms with E-state index in [9.17, 15) is 4.79 Å². The third-order valence-corrected chi connectivity index (χ3v) is 2.35. The van der Waals surface area contributed by atoms with Crippen molar-refractivity contribution in [3.8, 4) is 0 Å². The van der Waals surface area contributed by atoms with Gasteiger partial charge in [0.2, 0.25) is 0 Å². The zero-order valence-corrected chi connectivity index (χ0v) is 9.75. The van der Waals surface area contributed by atoms with Crippen molar-refractivity contribution < 1.29 is 9.53 Å². The van der Waals surface area contributed by atoms with E-state index in [1.807, 2.05) is 0 Å². The molecule has 0 aliphatic rings. The van der Waals surface area contributed by atoms with Gasteiger partial charge in [0.15, 0.2) is 0 Å². The summed E-state index contributed by atoms with van der Waals surface area (Å²) < 4.78 is 4.65. The summed E-state index contributed by atoms with van der Waals surface area (Å²) in [6.07, 6.45) is 4.65. The minimum atomic E-state index is -0.472. The van der Waals surface area contributed by atoms with Gasteiger partial charge in [-0.25, -0.2) is 14.8 Å². The normalized spacial score (nSPS) is 9.83. The number of hydrogen-bond acceptors (Lipinski definition) is 6. The smallest absolute Gasteiger partial charge is 0.340 e. The zero-order valence-electron chi connectivity index (χ0n) is 9.75. The molecule has 1 aromatic heterocycles. The number of rotatable bonds is 3. The molecular weight excluding hydrogens is 232 g/mol. The second-order valence-corrected chi connectivity index (χ2v) is 3.51. The number of carbonyl (C=O) groups is 1. The molecule has 1 aromatic carbocycles. The van der Waals surface area contributed by atoms with Gasteiger partial charge in [-0.2, -0.15) is 0 Å². The van der Waals surface area contributed by atoms with E-state index in [1.54, 1.807) is 30.6 Å². The van der Waals surface area contributed by atoms with Gasteiger partial charge in [-0.15, -0.1) is 0 Å². The number of hydrogen-bond donors (Lipinski definition) is 2. The van der Waals surface area contributed by atoms with E-state index in [1.165, 1.54) is 13.4 Å². The minimum Gasteiger partial charge on any atom is -0.465 e. The molecule has 0 saturated heterocycles. The fourth-order valence-electron chi connectivity index (χ4n) is 1.48. The SMILES string of the molecule is COC(=O)c1cccc(Nc2cncnc2)c1N. The van der Waals surface area contributed by atoms with Crippen LogP contribution in [-0.4, -0.2) is 23.0 Å². The molecule has 6 nitrogen and oxygen atoms in total. The van der Waals surface area contributed by atoms with Gasteiger partial charge in [-0.3, -0.25) is 0 Å². The predicted molar refractivity (Wildman–Crippen MR) is 67.5 cm³/mol. The molecule has 0 amide bonds. The van der Waals surface area contributed by atoms with Crippen molar-refractivity contribution in [1.82, 2.24) is 9.97 Å². The quantitative estimate of drug-likeness (QED) is 0.629. The number of nitrogens with one attached hydrogen (secondary N) is 1. The molecule has 0 aliphatic heterocycles. The fourth-order valence-corrected chi connectivity index (χ4v) is 1.48. The van der Waals surface area contributed by atoms with Gasteiger partial charge in [0, 0.05) is 0 Å². The summed E-state index contributed by atoms with van der Waals surface area (Å²) in [6, 6.07) is 5.08. The summed E-state index contributed by atoms with van der Waals surface area (Å²) in [5.74, 6) is -0.472. The highest BCUT2D eigenvalue weighted by atomic mass is 16.5. The molecule has 0 aliphatic carbocycles. The van der Waals surface area contributed by atoms with Gasteiger partial charge in [0.25, 0.3) is 0 Å². The Hall–Kier alpha value is -2.63. The van der Waals surface area contributed by atoms with E-state index in [4.69, 9.17) is 5.73 Å². The van der Waals surface area contributed by atoms with Crippen molar-refractivity contribution in [2.45, 2.75) is 0 Å². The second kappa shape index (κ2) is 5.13. The number of carbonyl (C=O) groups excluding carboxylic acids is 1. The van der Waals surface area contributed by atoms with Crippen molar-refractivity contribution in [2.75, 3.05) is 18.2 Å². The molecule has 0 unspecified atom stereocenters. The predicted octanol–water partition coefficient (Wildman–Crippen LogP) is 1.59. The molecule has 0 saturated carbocycles.